The predicted molar refractivity (Wildman–Crippen MR) is 122 cm³/mol. The third-order valence-electron chi connectivity index (χ3n) is 5.39. The maximum Gasteiger partial charge on any atom is 0.289 e. The van der Waals surface area contributed by atoms with E-state index in [1.165, 1.54) is 12.3 Å². The Bertz CT molecular complexity index is 1050. The molecular formula is C26H26N2O4. The maximum absolute atomic E-state index is 12.4. The molecule has 2 aromatic carbocycles. The fraction of sp³-hybridized carbons (Fsp3) is 0.231. The van der Waals surface area contributed by atoms with Crippen molar-refractivity contribution >= 4 is 17.9 Å². The highest BCUT2D eigenvalue weighted by molar-refractivity contribution is 5.92. The number of amides is 2. The number of hydrogen-bond acceptors (Lipinski definition) is 4. The maximum atomic E-state index is 12.4. The van der Waals surface area contributed by atoms with Gasteiger partial charge >= 0.3 is 0 Å². The van der Waals surface area contributed by atoms with Gasteiger partial charge in [0.05, 0.1) is 6.26 Å². The minimum atomic E-state index is -0.142. The van der Waals surface area contributed by atoms with E-state index in [0.29, 0.717) is 25.5 Å². The van der Waals surface area contributed by atoms with Crippen LogP contribution in [0.1, 0.15) is 34.5 Å². The van der Waals surface area contributed by atoms with Gasteiger partial charge in [-0.25, -0.2) is 0 Å². The van der Waals surface area contributed by atoms with Gasteiger partial charge in [-0.2, -0.15) is 0 Å². The summed E-state index contributed by atoms with van der Waals surface area (Å²) in [4.78, 5) is 26.4. The standard InChI is InChI=1S/C26H26N2O4/c29-25(27-22-13-15-28(16-14-22)26(30)24-10-5-17-31-24)12-11-20-8-4-9-23(18-20)32-19-21-6-2-1-3-7-21/h1-12,17-18,22H,13-16,19H2,(H,27,29)/b12-11+. The average Bonchev–Trinajstić information content (AvgIpc) is 3.38. The highest BCUT2D eigenvalue weighted by Gasteiger charge is 2.25. The smallest absolute Gasteiger partial charge is 0.289 e. The predicted octanol–water partition coefficient (Wildman–Crippen LogP) is 4.29. The molecule has 2 amide bonds. The molecule has 1 aliphatic rings. The first-order valence-electron chi connectivity index (χ1n) is 10.8. The van der Waals surface area contributed by atoms with E-state index in [2.05, 4.69) is 5.32 Å². The summed E-state index contributed by atoms with van der Waals surface area (Å²) in [5.41, 5.74) is 1.99. The number of carbonyl (C=O) groups is 2. The van der Waals surface area contributed by atoms with Crippen molar-refractivity contribution in [2.45, 2.75) is 25.5 Å². The van der Waals surface area contributed by atoms with Gasteiger partial charge in [-0.05, 0) is 54.3 Å². The fourth-order valence-corrected chi connectivity index (χ4v) is 3.65. The van der Waals surface area contributed by atoms with Gasteiger partial charge in [0.15, 0.2) is 5.76 Å². The summed E-state index contributed by atoms with van der Waals surface area (Å²) in [6, 6.07) is 21.1. The van der Waals surface area contributed by atoms with Crippen molar-refractivity contribution in [1.29, 1.82) is 0 Å². The Morgan fingerprint density at radius 1 is 1.03 bits per heavy atom. The normalized spacial score (nSPS) is 14.4. The van der Waals surface area contributed by atoms with E-state index in [-0.39, 0.29) is 17.9 Å². The number of nitrogens with one attached hydrogen (secondary N) is 1. The highest BCUT2D eigenvalue weighted by atomic mass is 16.5. The number of furan rings is 1. The van der Waals surface area contributed by atoms with Crippen LogP contribution in [0, 0.1) is 0 Å². The monoisotopic (exact) mass is 430 g/mol. The first-order valence-corrected chi connectivity index (χ1v) is 10.8. The molecule has 0 bridgehead atoms. The lowest BCUT2D eigenvalue weighted by Crippen LogP contribution is -2.46. The SMILES string of the molecule is O=C(/C=C/c1cccc(OCc2ccccc2)c1)NC1CCN(C(=O)c2ccco2)CC1. The summed E-state index contributed by atoms with van der Waals surface area (Å²) in [6.07, 6.45) is 6.25. The third-order valence-corrected chi connectivity index (χ3v) is 5.39. The van der Waals surface area contributed by atoms with E-state index in [4.69, 9.17) is 9.15 Å². The van der Waals surface area contributed by atoms with Crippen LogP contribution in [0.5, 0.6) is 5.75 Å². The third kappa shape index (κ3) is 5.88. The molecule has 1 fully saturated rings. The van der Waals surface area contributed by atoms with Crippen molar-refractivity contribution in [3.63, 3.8) is 0 Å². The van der Waals surface area contributed by atoms with Gasteiger partial charge in [-0.15, -0.1) is 0 Å². The quantitative estimate of drug-likeness (QED) is 0.568. The van der Waals surface area contributed by atoms with Crippen molar-refractivity contribution < 1.29 is 18.7 Å². The highest BCUT2D eigenvalue weighted by Crippen LogP contribution is 2.17. The Hall–Kier alpha value is -3.80. The second-order valence-electron chi connectivity index (χ2n) is 7.73. The zero-order valence-electron chi connectivity index (χ0n) is 17.8. The molecular weight excluding hydrogens is 404 g/mol. The molecule has 6 nitrogen and oxygen atoms in total. The van der Waals surface area contributed by atoms with Gasteiger partial charge in [0.2, 0.25) is 5.91 Å². The number of piperidine rings is 1. The molecule has 1 aromatic heterocycles. The first-order chi connectivity index (χ1) is 15.7. The van der Waals surface area contributed by atoms with Gasteiger partial charge < -0.3 is 19.4 Å². The fourth-order valence-electron chi connectivity index (χ4n) is 3.65. The molecule has 1 N–H and O–H groups in total. The van der Waals surface area contributed by atoms with Crippen LogP contribution in [0.15, 0.2) is 83.5 Å². The van der Waals surface area contributed by atoms with Gasteiger partial charge in [-0.3, -0.25) is 9.59 Å². The summed E-state index contributed by atoms with van der Waals surface area (Å²) >= 11 is 0. The number of rotatable bonds is 7. The molecule has 0 radical (unpaired) electrons. The van der Waals surface area contributed by atoms with Crippen LogP contribution in [-0.2, 0) is 11.4 Å². The second kappa shape index (κ2) is 10.5. The van der Waals surface area contributed by atoms with Crippen molar-refractivity contribution in [2.24, 2.45) is 0 Å². The van der Waals surface area contributed by atoms with E-state index >= 15 is 0 Å². The first kappa shape index (κ1) is 21.4. The van der Waals surface area contributed by atoms with Crippen molar-refractivity contribution in [3.05, 3.63) is 96.0 Å². The lowest BCUT2D eigenvalue weighted by atomic mass is 10.0. The lowest BCUT2D eigenvalue weighted by Gasteiger charge is -2.31. The number of nitrogens with zero attached hydrogens (tertiary/aromatic N) is 1. The topological polar surface area (TPSA) is 71.8 Å². The minimum Gasteiger partial charge on any atom is -0.489 e. The Balaban J connectivity index is 1.24. The van der Waals surface area contributed by atoms with Crippen molar-refractivity contribution in [3.8, 4) is 5.75 Å². The molecule has 0 spiro atoms. The number of carbonyl (C=O) groups excluding carboxylic acids is 2. The van der Waals surface area contributed by atoms with Gasteiger partial charge in [-0.1, -0.05) is 42.5 Å². The summed E-state index contributed by atoms with van der Waals surface area (Å²) < 4.78 is 11.0. The molecule has 1 saturated heterocycles. The van der Waals surface area contributed by atoms with E-state index in [1.54, 1.807) is 23.1 Å². The molecule has 1 aliphatic heterocycles. The number of likely N-dealkylation sites (tertiary alicyclic amines) is 1. The summed E-state index contributed by atoms with van der Waals surface area (Å²) in [7, 11) is 0. The largest absolute Gasteiger partial charge is 0.489 e. The molecule has 4 rings (SSSR count). The Kier molecular flexibility index (Phi) is 7.02. The van der Waals surface area contributed by atoms with Gasteiger partial charge in [0, 0.05) is 25.2 Å². The second-order valence-corrected chi connectivity index (χ2v) is 7.73. The summed E-state index contributed by atoms with van der Waals surface area (Å²) in [5.74, 6) is 0.862. The molecule has 0 unspecified atom stereocenters. The Morgan fingerprint density at radius 3 is 2.59 bits per heavy atom. The average molecular weight is 431 g/mol. The minimum absolute atomic E-state index is 0.0494. The van der Waals surface area contributed by atoms with E-state index in [9.17, 15) is 9.59 Å². The molecule has 6 heteroatoms. The van der Waals surface area contributed by atoms with E-state index in [0.717, 1.165) is 29.7 Å². The molecule has 0 aliphatic carbocycles. The Morgan fingerprint density at radius 2 is 1.84 bits per heavy atom. The number of hydrogen-bond donors (Lipinski definition) is 1. The lowest BCUT2D eigenvalue weighted by molar-refractivity contribution is -0.117. The van der Waals surface area contributed by atoms with E-state index < -0.39 is 0 Å². The van der Waals surface area contributed by atoms with Crippen LogP contribution in [0.2, 0.25) is 0 Å². The Labute approximate surface area is 187 Å². The zero-order valence-corrected chi connectivity index (χ0v) is 17.8. The molecule has 0 atom stereocenters. The molecule has 32 heavy (non-hydrogen) atoms. The van der Waals surface area contributed by atoms with E-state index in [1.807, 2.05) is 54.6 Å². The van der Waals surface area contributed by atoms with Crippen molar-refractivity contribution in [1.82, 2.24) is 10.2 Å². The van der Waals surface area contributed by atoms with Crippen LogP contribution < -0.4 is 10.1 Å². The molecule has 0 saturated carbocycles. The number of benzene rings is 2. The summed E-state index contributed by atoms with van der Waals surface area (Å²) in [5, 5.41) is 3.03. The van der Waals surface area contributed by atoms with Crippen LogP contribution >= 0.6 is 0 Å². The molecule has 2 heterocycles. The summed E-state index contributed by atoms with van der Waals surface area (Å²) in [6.45, 7) is 1.68. The van der Waals surface area contributed by atoms with Gasteiger partial charge in [0.25, 0.3) is 5.91 Å². The van der Waals surface area contributed by atoms with Crippen molar-refractivity contribution in [2.75, 3.05) is 13.1 Å². The zero-order chi connectivity index (χ0) is 22.2. The van der Waals surface area contributed by atoms with Crippen LogP contribution in [0.4, 0.5) is 0 Å². The number of ether oxygens (including phenoxy) is 1. The molecule has 3 aromatic rings. The molecule has 164 valence electrons. The van der Waals surface area contributed by atoms with Crippen LogP contribution in [0.3, 0.4) is 0 Å². The van der Waals surface area contributed by atoms with Gasteiger partial charge in [0.1, 0.15) is 12.4 Å². The van der Waals surface area contributed by atoms with Crippen LogP contribution in [0.25, 0.3) is 6.08 Å². The van der Waals surface area contributed by atoms with Crippen LogP contribution in [-0.4, -0.2) is 35.8 Å².